The molecule has 3 nitrogen and oxygen atoms in total. The van der Waals surface area contributed by atoms with Gasteiger partial charge in [-0.05, 0) is 31.4 Å². The highest BCUT2D eigenvalue weighted by Crippen LogP contribution is 2.26. The van der Waals surface area contributed by atoms with Crippen molar-refractivity contribution in [2.75, 3.05) is 20.1 Å². The van der Waals surface area contributed by atoms with Crippen LogP contribution in [0.15, 0.2) is 24.3 Å². The van der Waals surface area contributed by atoms with Gasteiger partial charge in [0.25, 0.3) is 0 Å². The van der Waals surface area contributed by atoms with E-state index in [1.54, 1.807) is 0 Å². The van der Waals surface area contributed by atoms with Crippen LogP contribution in [-0.2, 0) is 4.79 Å². The summed E-state index contributed by atoms with van der Waals surface area (Å²) in [5, 5.41) is 3.34. The molecule has 1 aromatic rings. The number of carbonyl (C=O) groups excluding carboxylic acids is 1. The second-order valence-corrected chi connectivity index (χ2v) is 6.26. The first-order chi connectivity index (χ1) is 9.51. The maximum absolute atomic E-state index is 12.1. The third-order valence-corrected chi connectivity index (χ3v) is 4.38. The lowest BCUT2D eigenvalue weighted by Gasteiger charge is -2.25. The zero-order valence-corrected chi connectivity index (χ0v) is 13.0. The molecule has 1 fully saturated rings. The molecule has 1 aliphatic heterocycles. The molecule has 1 aliphatic rings. The number of nitrogens with one attached hydrogen (secondary N) is 1. The number of nitrogens with zero attached hydrogens (tertiary/aromatic N) is 1. The van der Waals surface area contributed by atoms with Crippen LogP contribution in [-0.4, -0.2) is 30.9 Å². The van der Waals surface area contributed by atoms with Crippen molar-refractivity contribution in [2.24, 2.45) is 11.8 Å². The Morgan fingerprint density at radius 1 is 1.40 bits per heavy atom. The fraction of sp³-hybridized carbons (Fsp3) is 0.588. The van der Waals surface area contributed by atoms with Gasteiger partial charge >= 0.3 is 0 Å². The van der Waals surface area contributed by atoms with E-state index in [-0.39, 0.29) is 6.04 Å². The standard InChI is InChI=1S/C17H26N2O/c1-12(2)15-9-17(20)19(10-15)11-16(18-4)14-7-5-6-13(3)8-14/h5-8,12,15-16,18H,9-11H2,1-4H3. The Balaban J connectivity index is 2.06. The van der Waals surface area contributed by atoms with Gasteiger partial charge in [0.15, 0.2) is 0 Å². The summed E-state index contributed by atoms with van der Waals surface area (Å²) in [6.45, 7) is 8.18. The van der Waals surface area contributed by atoms with Crippen LogP contribution in [0.3, 0.4) is 0 Å². The molecular weight excluding hydrogens is 248 g/mol. The van der Waals surface area contributed by atoms with Crippen molar-refractivity contribution in [1.29, 1.82) is 0 Å². The topological polar surface area (TPSA) is 32.3 Å². The summed E-state index contributed by atoms with van der Waals surface area (Å²) in [5.41, 5.74) is 2.52. The zero-order valence-electron chi connectivity index (χ0n) is 13.0. The summed E-state index contributed by atoms with van der Waals surface area (Å²) in [4.78, 5) is 14.2. The van der Waals surface area contributed by atoms with Crippen LogP contribution in [0.25, 0.3) is 0 Å². The Morgan fingerprint density at radius 3 is 2.70 bits per heavy atom. The summed E-state index contributed by atoms with van der Waals surface area (Å²) in [5.74, 6) is 1.39. The number of likely N-dealkylation sites (tertiary alicyclic amines) is 1. The van der Waals surface area contributed by atoms with Gasteiger partial charge in [0.05, 0.1) is 0 Å². The third-order valence-electron chi connectivity index (χ3n) is 4.38. The van der Waals surface area contributed by atoms with Gasteiger partial charge in [-0.3, -0.25) is 4.79 Å². The molecule has 1 saturated heterocycles. The van der Waals surface area contributed by atoms with E-state index in [0.29, 0.717) is 24.2 Å². The Kier molecular flexibility index (Phi) is 4.81. The van der Waals surface area contributed by atoms with Crippen molar-refractivity contribution in [3.63, 3.8) is 0 Å². The molecule has 0 bridgehead atoms. The first kappa shape index (κ1) is 15.0. The molecule has 1 aromatic carbocycles. The predicted molar refractivity (Wildman–Crippen MR) is 82.5 cm³/mol. The number of aryl methyl sites for hydroxylation is 1. The molecule has 0 aliphatic carbocycles. The van der Waals surface area contributed by atoms with Crippen LogP contribution in [0.5, 0.6) is 0 Å². The van der Waals surface area contributed by atoms with Crippen molar-refractivity contribution in [3.8, 4) is 0 Å². The molecule has 0 saturated carbocycles. The van der Waals surface area contributed by atoms with Crippen molar-refractivity contribution >= 4 is 5.91 Å². The number of amides is 1. The first-order valence-electron chi connectivity index (χ1n) is 7.53. The van der Waals surface area contributed by atoms with E-state index < -0.39 is 0 Å². The quantitative estimate of drug-likeness (QED) is 0.895. The van der Waals surface area contributed by atoms with E-state index in [1.807, 2.05) is 11.9 Å². The minimum absolute atomic E-state index is 0.213. The fourth-order valence-electron chi connectivity index (χ4n) is 2.90. The van der Waals surface area contributed by atoms with Gasteiger partial charge in [0, 0.05) is 25.6 Å². The smallest absolute Gasteiger partial charge is 0.222 e. The first-order valence-corrected chi connectivity index (χ1v) is 7.53. The Bertz CT molecular complexity index is 470. The molecule has 0 aromatic heterocycles. The molecule has 3 heteroatoms. The van der Waals surface area contributed by atoms with Crippen molar-refractivity contribution < 1.29 is 4.79 Å². The molecule has 2 unspecified atom stereocenters. The van der Waals surface area contributed by atoms with E-state index >= 15 is 0 Å². The average molecular weight is 274 g/mol. The van der Waals surface area contributed by atoms with Crippen LogP contribution in [0.2, 0.25) is 0 Å². The summed E-state index contributed by atoms with van der Waals surface area (Å²) in [7, 11) is 1.97. The van der Waals surface area contributed by atoms with E-state index in [4.69, 9.17) is 0 Å². The maximum Gasteiger partial charge on any atom is 0.222 e. The largest absolute Gasteiger partial charge is 0.340 e. The second-order valence-electron chi connectivity index (χ2n) is 6.26. The molecule has 0 spiro atoms. The van der Waals surface area contributed by atoms with Crippen molar-refractivity contribution in [1.82, 2.24) is 10.2 Å². The molecule has 2 atom stereocenters. The molecular formula is C17H26N2O. The van der Waals surface area contributed by atoms with Gasteiger partial charge < -0.3 is 10.2 Å². The second kappa shape index (κ2) is 6.40. The van der Waals surface area contributed by atoms with Gasteiger partial charge in [-0.1, -0.05) is 43.7 Å². The van der Waals surface area contributed by atoms with Crippen LogP contribution in [0.1, 0.15) is 37.4 Å². The van der Waals surface area contributed by atoms with Crippen LogP contribution >= 0.6 is 0 Å². The summed E-state index contributed by atoms with van der Waals surface area (Å²) in [6.07, 6.45) is 0.710. The van der Waals surface area contributed by atoms with Crippen LogP contribution in [0.4, 0.5) is 0 Å². The minimum Gasteiger partial charge on any atom is -0.340 e. The van der Waals surface area contributed by atoms with Crippen molar-refractivity contribution in [3.05, 3.63) is 35.4 Å². The summed E-state index contributed by atoms with van der Waals surface area (Å²) in [6, 6.07) is 8.73. The van der Waals surface area contributed by atoms with E-state index in [9.17, 15) is 4.79 Å². The molecule has 1 amide bonds. The predicted octanol–water partition coefficient (Wildman–Crippen LogP) is 2.76. The molecule has 1 N–H and O–H groups in total. The summed E-state index contributed by atoms with van der Waals surface area (Å²) < 4.78 is 0. The Hall–Kier alpha value is -1.35. The van der Waals surface area contributed by atoms with E-state index in [2.05, 4.69) is 50.4 Å². The molecule has 2 rings (SSSR count). The molecule has 0 radical (unpaired) electrons. The highest BCUT2D eigenvalue weighted by Gasteiger charge is 2.32. The van der Waals surface area contributed by atoms with Crippen LogP contribution < -0.4 is 5.32 Å². The SMILES string of the molecule is CNC(CN1CC(C(C)C)CC1=O)c1cccc(C)c1. The highest BCUT2D eigenvalue weighted by molar-refractivity contribution is 5.78. The fourth-order valence-corrected chi connectivity index (χ4v) is 2.90. The van der Waals surface area contributed by atoms with Crippen LogP contribution in [0, 0.1) is 18.8 Å². The molecule has 20 heavy (non-hydrogen) atoms. The summed E-state index contributed by atoms with van der Waals surface area (Å²) >= 11 is 0. The molecule has 1 heterocycles. The van der Waals surface area contributed by atoms with Gasteiger partial charge in [-0.15, -0.1) is 0 Å². The number of rotatable bonds is 5. The number of carbonyl (C=O) groups is 1. The van der Waals surface area contributed by atoms with E-state index in [1.165, 1.54) is 11.1 Å². The van der Waals surface area contributed by atoms with E-state index in [0.717, 1.165) is 13.1 Å². The van der Waals surface area contributed by atoms with Gasteiger partial charge in [-0.25, -0.2) is 0 Å². The molecule has 110 valence electrons. The zero-order chi connectivity index (χ0) is 14.7. The Morgan fingerprint density at radius 2 is 2.15 bits per heavy atom. The maximum atomic E-state index is 12.1. The average Bonchev–Trinajstić information content (AvgIpc) is 2.77. The number of likely N-dealkylation sites (N-methyl/N-ethyl adjacent to an activating group) is 1. The normalized spacial score (nSPS) is 20.8. The third kappa shape index (κ3) is 3.40. The lowest BCUT2D eigenvalue weighted by molar-refractivity contribution is -0.128. The number of benzene rings is 1. The van der Waals surface area contributed by atoms with Crippen molar-refractivity contribution in [2.45, 2.75) is 33.2 Å². The van der Waals surface area contributed by atoms with Gasteiger partial charge in [0.1, 0.15) is 0 Å². The van der Waals surface area contributed by atoms with Gasteiger partial charge in [-0.2, -0.15) is 0 Å². The monoisotopic (exact) mass is 274 g/mol. The Labute approximate surface area is 122 Å². The van der Waals surface area contributed by atoms with Gasteiger partial charge in [0.2, 0.25) is 5.91 Å². The number of hydrogen-bond donors (Lipinski definition) is 1. The number of hydrogen-bond acceptors (Lipinski definition) is 2. The lowest BCUT2D eigenvalue weighted by atomic mass is 9.95. The highest BCUT2D eigenvalue weighted by atomic mass is 16.2. The lowest BCUT2D eigenvalue weighted by Crippen LogP contribution is -2.35. The minimum atomic E-state index is 0.213.